The number of benzene rings is 1. The van der Waals surface area contributed by atoms with E-state index in [1.165, 1.54) is 6.07 Å². The van der Waals surface area contributed by atoms with E-state index in [2.05, 4.69) is 10.2 Å². The van der Waals surface area contributed by atoms with Gasteiger partial charge in [-0.25, -0.2) is 4.39 Å². The molecular weight excluding hydrogens is 265 g/mol. The maximum atomic E-state index is 13.6. The van der Waals surface area contributed by atoms with Crippen LogP contribution in [0.2, 0.25) is 5.02 Å². The number of halogens is 2. The fraction of sp³-hybridized carbons (Fsp3) is 0.571. The Hall–Kier alpha value is -0.680. The van der Waals surface area contributed by atoms with E-state index in [1.54, 1.807) is 12.1 Å². The smallest absolute Gasteiger partial charge is 0.127 e. The van der Waals surface area contributed by atoms with Crippen LogP contribution in [0.4, 0.5) is 4.39 Å². The van der Waals surface area contributed by atoms with Crippen LogP contribution in [0.15, 0.2) is 18.2 Å². The molecule has 0 unspecified atom stereocenters. The van der Waals surface area contributed by atoms with Crippen molar-refractivity contribution in [2.75, 3.05) is 26.2 Å². The predicted molar refractivity (Wildman–Crippen MR) is 76.8 cm³/mol. The minimum absolute atomic E-state index is 0.197. The molecule has 1 heterocycles. The molecule has 1 fully saturated rings. The van der Waals surface area contributed by atoms with Gasteiger partial charge in [-0.2, -0.15) is 0 Å². The summed E-state index contributed by atoms with van der Waals surface area (Å²) in [5, 5.41) is 3.99. The lowest BCUT2D eigenvalue weighted by Gasteiger charge is -2.32. The molecule has 0 atom stereocenters. The maximum absolute atomic E-state index is 13.6. The SMILES string of the molecule is NCCN1CCC(NCc2cc(Cl)ccc2F)CC1. The van der Waals surface area contributed by atoms with Crippen molar-refractivity contribution < 1.29 is 4.39 Å². The van der Waals surface area contributed by atoms with Gasteiger partial charge in [-0.05, 0) is 44.1 Å². The Morgan fingerprint density at radius 3 is 2.79 bits per heavy atom. The zero-order valence-electron chi connectivity index (χ0n) is 11.0. The maximum Gasteiger partial charge on any atom is 0.127 e. The molecule has 0 radical (unpaired) electrons. The van der Waals surface area contributed by atoms with Crippen molar-refractivity contribution in [2.45, 2.75) is 25.4 Å². The van der Waals surface area contributed by atoms with E-state index in [-0.39, 0.29) is 5.82 Å². The van der Waals surface area contributed by atoms with Crippen molar-refractivity contribution in [3.63, 3.8) is 0 Å². The van der Waals surface area contributed by atoms with Crippen LogP contribution < -0.4 is 11.1 Å². The number of hydrogen-bond donors (Lipinski definition) is 2. The molecule has 0 spiro atoms. The van der Waals surface area contributed by atoms with E-state index < -0.39 is 0 Å². The van der Waals surface area contributed by atoms with Crippen molar-refractivity contribution in [2.24, 2.45) is 5.73 Å². The molecule has 106 valence electrons. The van der Waals surface area contributed by atoms with Crippen LogP contribution in [0.25, 0.3) is 0 Å². The van der Waals surface area contributed by atoms with Gasteiger partial charge in [0.15, 0.2) is 0 Å². The topological polar surface area (TPSA) is 41.3 Å². The van der Waals surface area contributed by atoms with Crippen LogP contribution in [0.1, 0.15) is 18.4 Å². The second-order valence-corrected chi connectivity index (χ2v) is 5.46. The molecule has 0 aliphatic carbocycles. The van der Waals surface area contributed by atoms with Crippen LogP contribution in [-0.2, 0) is 6.54 Å². The molecule has 1 saturated heterocycles. The van der Waals surface area contributed by atoms with Crippen LogP contribution in [0, 0.1) is 5.82 Å². The highest BCUT2D eigenvalue weighted by atomic mass is 35.5. The summed E-state index contributed by atoms with van der Waals surface area (Å²) in [6.45, 7) is 4.34. The van der Waals surface area contributed by atoms with Gasteiger partial charge in [0.25, 0.3) is 0 Å². The molecule has 0 amide bonds. The minimum atomic E-state index is -0.197. The zero-order valence-corrected chi connectivity index (χ0v) is 11.8. The van der Waals surface area contributed by atoms with E-state index in [0.717, 1.165) is 32.5 Å². The number of nitrogens with one attached hydrogen (secondary N) is 1. The van der Waals surface area contributed by atoms with Gasteiger partial charge in [0.1, 0.15) is 5.82 Å². The van der Waals surface area contributed by atoms with Crippen molar-refractivity contribution in [1.29, 1.82) is 0 Å². The summed E-state index contributed by atoms with van der Waals surface area (Å²) in [4.78, 5) is 2.37. The molecule has 0 saturated carbocycles. The Morgan fingerprint density at radius 2 is 2.11 bits per heavy atom. The largest absolute Gasteiger partial charge is 0.329 e. The quantitative estimate of drug-likeness (QED) is 0.869. The summed E-state index contributed by atoms with van der Waals surface area (Å²) in [6.07, 6.45) is 2.17. The molecule has 1 aliphatic heterocycles. The first-order chi connectivity index (χ1) is 9.19. The van der Waals surface area contributed by atoms with Gasteiger partial charge < -0.3 is 16.0 Å². The van der Waals surface area contributed by atoms with Gasteiger partial charge in [-0.1, -0.05) is 11.6 Å². The monoisotopic (exact) mass is 285 g/mol. The third-order valence-corrected chi connectivity index (χ3v) is 3.86. The normalized spacial score (nSPS) is 17.8. The van der Waals surface area contributed by atoms with E-state index in [9.17, 15) is 4.39 Å². The number of likely N-dealkylation sites (tertiary alicyclic amines) is 1. The Balaban J connectivity index is 1.79. The van der Waals surface area contributed by atoms with Crippen LogP contribution in [-0.4, -0.2) is 37.1 Å². The fourth-order valence-electron chi connectivity index (χ4n) is 2.48. The van der Waals surface area contributed by atoms with E-state index >= 15 is 0 Å². The van der Waals surface area contributed by atoms with Crippen molar-refractivity contribution >= 4 is 11.6 Å². The highest BCUT2D eigenvalue weighted by Crippen LogP contribution is 2.16. The van der Waals surface area contributed by atoms with Gasteiger partial charge >= 0.3 is 0 Å². The molecule has 1 aromatic carbocycles. The standard InChI is InChI=1S/C14H21ClFN3/c15-12-1-2-14(16)11(9-12)10-18-13-3-6-19(7-4-13)8-5-17/h1-2,9,13,18H,3-8,10,17H2. The minimum Gasteiger partial charge on any atom is -0.329 e. The highest BCUT2D eigenvalue weighted by Gasteiger charge is 2.18. The first kappa shape index (κ1) is 14.7. The Bertz CT molecular complexity index is 406. The second-order valence-electron chi connectivity index (χ2n) is 5.02. The molecule has 0 aromatic heterocycles. The van der Waals surface area contributed by atoms with Crippen molar-refractivity contribution in [3.05, 3.63) is 34.6 Å². The molecule has 0 bridgehead atoms. The predicted octanol–water partition coefficient (Wildman–Crippen LogP) is 1.99. The first-order valence-electron chi connectivity index (χ1n) is 6.79. The number of nitrogens with zero attached hydrogens (tertiary/aromatic N) is 1. The average Bonchev–Trinajstić information content (AvgIpc) is 2.42. The number of hydrogen-bond acceptors (Lipinski definition) is 3. The van der Waals surface area contributed by atoms with Gasteiger partial charge in [-0.3, -0.25) is 0 Å². The van der Waals surface area contributed by atoms with Gasteiger partial charge in [-0.15, -0.1) is 0 Å². The molecular formula is C14H21ClFN3. The summed E-state index contributed by atoms with van der Waals surface area (Å²) in [6, 6.07) is 5.13. The van der Waals surface area contributed by atoms with Crippen molar-refractivity contribution in [3.8, 4) is 0 Å². The summed E-state index contributed by atoms with van der Waals surface area (Å²) in [7, 11) is 0. The molecule has 2 rings (SSSR count). The molecule has 5 heteroatoms. The van der Waals surface area contributed by atoms with Gasteiger partial charge in [0, 0.05) is 36.3 Å². The summed E-state index contributed by atoms with van der Waals surface area (Å²) < 4.78 is 13.6. The molecule has 3 N–H and O–H groups in total. The van der Waals surface area contributed by atoms with E-state index in [0.29, 0.717) is 29.7 Å². The van der Waals surface area contributed by atoms with Crippen molar-refractivity contribution in [1.82, 2.24) is 10.2 Å². The van der Waals surface area contributed by atoms with Crippen LogP contribution >= 0.6 is 11.6 Å². The summed E-state index contributed by atoms with van der Waals surface area (Å²) in [5.41, 5.74) is 6.18. The fourth-order valence-corrected chi connectivity index (χ4v) is 2.67. The zero-order chi connectivity index (χ0) is 13.7. The molecule has 1 aromatic rings. The summed E-state index contributed by atoms with van der Waals surface area (Å²) >= 11 is 5.88. The third-order valence-electron chi connectivity index (χ3n) is 3.62. The van der Waals surface area contributed by atoms with Crippen LogP contribution in [0.5, 0.6) is 0 Å². The van der Waals surface area contributed by atoms with E-state index in [4.69, 9.17) is 17.3 Å². The first-order valence-corrected chi connectivity index (χ1v) is 7.16. The van der Waals surface area contributed by atoms with Crippen LogP contribution in [0.3, 0.4) is 0 Å². The molecule has 19 heavy (non-hydrogen) atoms. The number of rotatable bonds is 5. The lowest BCUT2D eigenvalue weighted by molar-refractivity contribution is 0.201. The average molecular weight is 286 g/mol. The number of piperidine rings is 1. The third kappa shape index (κ3) is 4.42. The highest BCUT2D eigenvalue weighted by molar-refractivity contribution is 6.30. The molecule has 1 aliphatic rings. The van der Waals surface area contributed by atoms with Gasteiger partial charge in [0.2, 0.25) is 0 Å². The lowest BCUT2D eigenvalue weighted by Crippen LogP contribution is -2.43. The Labute approximate surface area is 118 Å². The van der Waals surface area contributed by atoms with E-state index in [1.807, 2.05) is 0 Å². The Kier molecular flexibility index (Phi) is 5.58. The second kappa shape index (κ2) is 7.20. The number of nitrogens with two attached hydrogens (primary N) is 1. The summed E-state index contributed by atoms with van der Waals surface area (Å²) in [5.74, 6) is -0.197. The Morgan fingerprint density at radius 1 is 1.37 bits per heavy atom. The lowest BCUT2D eigenvalue weighted by atomic mass is 10.0. The molecule has 3 nitrogen and oxygen atoms in total. The van der Waals surface area contributed by atoms with Gasteiger partial charge in [0.05, 0.1) is 0 Å².